The summed E-state index contributed by atoms with van der Waals surface area (Å²) in [4.78, 5) is 37.5. The summed E-state index contributed by atoms with van der Waals surface area (Å²) in [6.45, 7) is 7.01. The highest BCUT2D eigenvalue weighted by atomic mass is 16.4. The maximum absolute atomic E-state index is 12.9. The zero-order valence-corrected chi connectivity index (χ0v) is 15.9. The lowest BCUT2D eigenvalue weighted by Gasteiger charge is -2.34. The van der Waals surface area contributed by atoms with Crippen LogP contribution in [-0.4, -0.2) is 40.8 Å². The van der Waals surface area contributed by atoms with Gasteiger partial charge in [0.2, 0.25) is 5.91 Å². The van der Waals surface area contributed by atoms with Crippen LogP contribution < -0.4 is 0 Å². The van der Waals surface area contributed by atoms with Gasteiger partial charge in [0.15, 0.2) is 5.78 Å². The van der Waals surface area contributed by atoms with Gasteiger partial charge in [-0.05, 0) is 37.7 Å². The number of carboxylic acids is 1. The lowest BCUT2D eigenvalue weighted by Crippen LogP contribution is -2.42. The van der Waals surface area contributed by atoms with Crippen LogP contribution in [0.15, 0.2) is 24.3 Å². The first-order chi connectivity index (χ1) is 12.3. The predicted molar refractivity (Wildman–Crippen MR) is 100 cm³/mol. The summed E-state index contributed by atoms with van der Waals surface area (Å²) >= 11 is 0. The number of piperidine rings is 1. The number of amides is 1. The maximum Gasteiger partial charge on any atom is 0.303 e. The number of aliphatic carboxylic acids is 1. The van der Waals surface area contributed by atoms with Gasteiger partial charge in [-0.3, -0.25) is 14.4 Å². The Morgan fingerprint density at radius 2 is 1.81 bits per heavy atom. The molecule has 26 heavy (non-hydrogen) atoms. The number of carboxylic acid groups (broad SMARTS) is 1. The lowest BCUT2D eigenvalue weighted by atomic mass is 9.91. The number of nitrogens with zero attached hydrogens (tertiary/aromatic N) is 1. The van der Waals surface area contributed by atoms with Crippen molar-refractivity contribution in [3.63, 3.8) is 0 Å². The Bertz CT molecular complexity index is 650. The zero-order chi connectivity index (χ0) is 19.3. The first-order valence-electron chi connectivity index (χ1n) is 9.44. The smallest absolute Gasteiger partial charge is 0.303 e. The van der Waals surface area contributed by atoms with Crippen molar-refractivity contribution < 1.29 is 19.5 Å². The van der Waals surface area contributed by atoms with E-state index >= 15 is 0 Å². The van der Waals surface area contributed by atoms with Crippen molar-refractivity contribution in [1.29, 1.82) is 0 Å². The van der Waals surface area contributed by atoms with Crippen molar-refractivity contribution in [3.8, 4) is 0 Å². The Morgan fingerprint density at radius 1 is 1.15 bits per heavy atom. The second kappa shape index (κ2) is 8.97. The molecule has 1 aliphatic rings. The molecule has 1 saturated heterocycles. The number of benzene rings is 1. The molecule has 1 heterocycles. The number of hydrogen-bond acceptors (Lipinski definition) is 3. The van der Waals surface area contributed by atoms with Gasteiger partial charge in [-0.1, -0.05) is 38.1 Å². The van der Waals surface area contributed by atoms with Gasteiger partial charge in [0.1, 0.15) is 0 Å². The normalized spacial score (nSPS) is 18.6. The fourth-order valence-corrected chi connectivity index (χ4v) is 3.51. The summed E-state index contributed by atoms with van der Waals surface area (Å²) in [7, 11) is 0. The van der Waals surface area contributed by atoms with Gasteiger partial charge >= 0.3 is 5.97 Å². The number of rotatable bonds is 7. The van der Waals surface area contributed by atoms with Gasteiger partial charge in [0.05, 0.1) is 5.92 Å². The van der Waals surface area contributed by atoms with Crippen LogP contribution in [0.3, 0.4) is 0 Å². The minimum absolute atomic E-state index is 0.0454. The molecule has 0 bridgehead atoms. The van der Waals surface area contributed by atoms with E-state index in [1.165, 1.54) is 0 Å². The second-order valence-electron chi connectivity index (χ2n) is 7.59. The average Bonchev–Trinajstić information content (AvgIpc) is 2.64. The number of Topliss-reactive ketones (excluding diaryl/α,β-unsaturated/α-hetero) is 1. The Balaban J connectivity index is 1.99. The van der Waals surface area contributed by atoms with Crippen molar-refractivity contribution in [3.05, 3.63) is 35.4 Å². The SMILES string of the molecule is CC(C)C(=O)c1ccc(C(C)C(=O)N2CCCC(CCC(=O)O)C2)cc1. The molecule has 1 amide bonds. The van der Waals surface area contributed by atoms with Crippen LogP contribution in [0.5, 0.6) is 0 Å². The predicted octanol–water partition coefficient (Wildman–Crippen LogP) is 3.73. The zero-order valence-electron chi connectivity index (χ0n) is 15.9. The lowest BCUT2D eigenvalue weighted by molar-refractivity contribution is -0.137. The standard InChI is InChI=1S/C21H29NO4/c1-14(2)20(25)18-9-7-17(8-10-18)15(3)21(26)22-12-4-5-16(13-22)6-11-19(23)24/h7-10,14-16H,4-6,11-13H2,1-3H3,(H,23,24). The fourth-order valence-electron chi connectivity index (χ4n) is 3.51. The molecule has 1 N–H and O–H groups in total. The summed E-state index contributed by atoms with van der Waals surface area (Å²) in [6.07, 6.45) is 2.69. The molecule has 0 saturated carbocycles. The Hall–Kier alpha value is -2.17. The van der Waals surface area contributed by atoms with Gasteiger partial charge in [-0.2, -0.15) is 0 Å². The fraction of sp³-hybridized carbons (Fsp3) is 0.571. The molecule has 1 aliphatic heterocycles. The van der Waals surface area contributed by atoms with Crippen molar-refractivity contribution in [1.82, 2.24) is 4.90 Å². The first-order valence-corrected chi connectivity index (χ1v) is 9.44. The average molecular weight is 359 g/mol. The van der Waals surface area contributed by atoms with E-state index in [4.69, 9.17) is 5.11 Å². The van der Waals surface area contributed by atoms with Crippen LogP contribution in [0.2, 0.25) is 0 Å². The number of hydrogen-bond donors (Lipinski definition) is 1. The van der Waals surface area contributed by atoms with E-state index < -0.39 is 5.97 Å². The second-order valence-corrected chi connectivity index (χ2v) is 7.59. The van der Waals surface area contributed by atoms with Gasteiger partial charge in [0.25, 0.3) is 0 Å². The third kappa shape index (κ3) is 5.16. The Labute approximate surface area is 155 Å². The first kappa shape index (κ1) is 20.1. The molecule has 0 spiro atoms. The Morgan fingerprint density at radius 3 is 2.38 bits per heavy atom. The molecule has 2 atom stereocenters. The maximum atomic E-state index is 12.9. The van der Waals surface area contributed by atoms with Crippen molar-refractivity contribution in [2.45, 2.75) is 52.4 Å². The van der Waals surface area contributed by atoms with Gasteiger partial charge < -0.3 is 10.0 Å². The van der Waals surface area contributed by atoms with Crippen molar-refractivity contribution in [2.24, 2.45) is 11.8 Å². The van der Waals surface area contributed by atoms with Crippen LogP contribution in [0.4, 0.5) is 0 Å². The number of carbonyl (C=O) groups is 3. The van der Waals surface area contributed by atoms with E-state index in [-0.39, 0.29) is 35.9 Å². The third-order valence-corrected chi connectivity index (χ3v) is 5.19. The van der Waals surface area contributed by atoms with E-state index in [9.17, 15) is 14.4 Å². The van der Waals surface area contributed by atoms with Crippen LogP contribution in [-0.2, 0) is 9.59 Å². The van der Waals surface area contributed by atoms with Crippen molar-refractivity contribution in [2.75, 3.05) is 13.1 Å². The van der Waals surface area contributed by atoms with E-state index in [0.717, 1.165) is 24.9 Å². The van der Waals surface area contributed by atoms with E-state index in [0.29, 0.717) is 18.5 Å². The molecule has 1 aromatic rings. The molecule has 0 radical (unpaired) electrons. The number of likely N-dealkylation sites (tertiary alicyclic amines) is 1. The van der Waals surface area contributed by atoms with Gasteiger partial charge in [-0.25, -0.2) is 0 Å². The molecule has 0 aliphatic carbocycles. The highest BCUT2D eigenvalue weighted by molar-refractivity contribution is 5.97. The van der Waals surface area contributed by atoms with Crippen LogP contribution >= 0.6 is 0 Å². The molecule has 0 aromatic heterocycles. The number of carbonyl (C=O) groups excluding carboxylic acids is 2. The molecule has 2 rings (SSSR count). The highest BCUT2D eigenvalue weighted by Crippen LogP contribution is 2.25. The topological polar surface area (TPSA) is 74.7 Å². The minimum Gasteiger partial charge on any atom is -0.481 e. The molecule has 1 aromatic carbocycles. The quantitative estimate of drug-likeness (QED) is 0.753. The van der Waals surface area contributed by atoms with Gasteiger partial charge in [0, 0.05) is 31.0 Å². The molecule has 2 unspecified atom stereocenters. The minimum atomic E-state index is -0.780. The summed E-state index contributed by atoms with van der Waals surface area (Å²) < 4.78 is 0. The highest BCUT2D eigenvalue weighted by Gasteiger charge is 2.27. The monoisotopic (exact) mass is 359 g/mol. The van der Waals surface area contributed by atoms with Crippen LogP contribution in [0.25, 0.3) is 0 Å². The third-order valence-electron chi connectivity index (χ3n) is 5.19. The van der Waals surface area contributed by atoms with Crippen LogP contribution in [0, 0.1) is 11.8 Å². The number of ketones is 1. The van der Waals surface area contributed by atoms with E-state index in [1.54, 1.807) is 12.1 Å². The Kier molecular flexibility index (Phi) is 6.95. The van der Waals surface area contributed by atoms with E-state index in [1.807, 2.05) is 37.8 Å². The van der Waals surface area contributed by atoms with Crippen LogP contribution in [0.1, 0.15) is 68.3 Å². The molecule has 5 nitrogen and oxygen atoms in total. The van der Waals surface area contributed by atoms with Gasteiger partial charge in [-0.15, -0.1) is 0 Å². The molecule has 142 valence electrons. The molecule has 1 fully saturated rings. The summed E-state index contributed by atoms with van der Waals surface area (Å²) in [5.41, 5.74) is 1.58. The largest absolute Gasteiger partial charge is 0.481 e. The summed E-state index contributed by atoms with van der Waals surface area (Å²) in [5.74, 6) is -0.645. The summed E-state index contributed by atoms with van der Waals surface area (Å²) in [6, 6.07) is 7.33. The molecule has 5 heteroatoms. The summed E-state index contributed by atoms with van der Waals surface area (Å²) in [5, 5.41) is 8.85. The molecular weight excluding hydrogens is 330 g/mol. The van der Waals surface area contributed by atoms with Crippen molar-refractivity contribution >= 4 is 17.7 Å². The van der Waals surface area contributed by atoms with E-state index in [2.05, 4.69) is 0 Å². The molecular formula is C21H29NO4.